The lowest BCUT2D eigenvalue weighted by atomic mass is 10.1. The zero-order valence-electron chi connectivity index (χ0n) is 13.7. The molecule has 4 aromatic rings. The number of nitrogens with one attached hydrogen (secondary N) is 2. The molecule has 0 spiro atoms. The fourth-order valence-corrected chi connectivity index (χ4v) is 2.94. The highest BCUT2D eigenvalue weighted by Crippen LogP contribution is 2.23. The molecule has 3 aromatic heterocycles. The van der Waals surface area contributed by atoms with E-state index in [1.54, 1.807) is 24.7 Å². The van der Waals surface area contributed by atoms with Crippen molar-refractivity contribution >= 4 is 17.0 Å². The first-order valence-electron chi connectivity index (χ1n) is 8.08. The summed E-state index contributed by atoms with van der Waals surface area (Å²) in [5.74, 6) is 0.426. The van der Waals surface area contributed by atoms with Crippen LogP contribution in [0.15, 0.2) is 48.9 Å². The monoisotopic (exact) mass is 336 g/mol. The highest BCUT2D eigenvalue weighted by atomic mass is 19.1. The molecule has 0 bridgehead atoms. The molecule has 6 nitrogen and oxygen atoms in total. The van der Waals surface area contributed by atoms with E-state index in [9.17, 15) is 4.39 Å². The molecule has 0 saturated heterocycles. The van der Waals surface area contributed by atoms with Gasteiger partial charge in [-0.2, -0.15) is 5.10 Å². The van der Waals surface area contributed by atoms with Gasteiger partial charge in [0.2, 0.25) is 5.95 Å². The van der Waals surface area contributed by atoms with Crippen LogP contribution in [0.4, 0.5) is 10.3 Å². The second kappa shape index (κ2) is 6.35. The second-order valence-electron chi connectivity index (χ2n) is 5.68. The van der Waals surface area contributed by atoms with E-state index in [0.29, 0.717) is 18.0 Å². The van der Waals surface area contributed by atoms with E-state index < -0.39 is 0 Å². The summed E-state index contributed by atoms with van der Waals surface area (Å²) in [5, 5.41) is 10.5. The molecule has 4 rings (SSSR count). The van der Waals surface area contributed by atoms with Gasteiger partial charge in [0.25, 0.3) is 0 Å². The van der Waals surface area contributed by atoms with Crippen molar-refractivity contribution in [3.05, 3.63) is 60.3 Å². The van der Waals surface area contributed by atoms with Crippen LogP contribution in [0.3, 0.4) is 0 Å². The average molecular weight is 336 g/mol. The molecule has 126 valence electrons. The van der Waals surface area contributed by atoms with Crippen molar-refractivity contribution in [1.82, 2.24) is 24.7 Å². The van der Waals surface area contributed by atoms with Crippen LogP contribution >= 0.6 is 0 Å². The molecule has 0 aliphatic rings. The summed E-state index contributed by atoms with van der Waals surface area (Å²) < 4.78 is 15.5. The maximum absolute atomic E-state index is 13.4. The van der Waals surface area contributed by atoms with Crippen LogP contribution in [0.2, 0.25) is 0 Å². The summed E-state index contributed by atoms with van der Waals surface area (Å²) in [6.45, 7) is 3.33. The fourth-order valence-electron chi connectivity index (χ4n) is 2.94. The molecular formula is C18H17FN6. The summed E-state index contributed by atoms with van der Waals surface area (Å²) in [4.78, 5) is 8.66. The summed E-state index contributed by atoms with van der Waals surface area (Å²) in [6.07, 6.45) is 5.32. The van der Waals surface area contributed by atoms with E-state index in [0.717, 1.165) is 28.9 Å². The number of hydrogen-bond donors (Lipinski definition) is 2. The molecule has 0 radical (unpaired) electrons. The number of H-pyrrole nitrogens is 1. The number of benzene rings is 1. The van der Waals surface area contributed by atoms with Gasteiger partial charge in [0.1, 0.15) is 5.82 Å². The van der Waals surface area contributed by atoms with Crippen LogP contribution in [0, 0.1) is 5.82 Å². The summed E-state index contributed by atoms with van der Waals surface area (Å²) in [5.41, 5.74) is 4.46. The highest BCUT2D eigenvalue weighted by Gasteiger charge is 2.12. The molecule has 0 unspecified atom stereocenters. The molecule has 0 amide bonds. The molecule has 7 heteroatoms. The molecule has 25 heavy (non-hydrogen) atoms. The minimum Gasteiger partial charge on any atom is -0.351 e. The Labute approximate surface area is 143 Å². The predicted molar refractivity (Wildman–Crippen MR) is 94.5 cm³/mol. The normalized spacial score (nSPS) is 11.1. The minimum atomic E-state index is -0.284. The van der Waals surface area contributed by atoms with Gasteiger partial charge >= 0.3 is 0 Å². The smallest absolute Gasteiger partial charge is 0.204 e. The van der Waals surface area contributed by atoms with E-state index in [1.807, 2.05) is 23.6 Å². The van der Waals surface area contributed by atoms with E-state index in [-0.39, 0.29) is 5.82 Å². The van der Waals surface area contributed by atoms with E-state index in [4.69, 9.17) is 0 Å². The Morgan fingerprint density at radius 1 is 1.24 bits per heavy atom. The fraction of sp³-hybridized carbons (Fsp3) is 0.167. The number of hydrogen-bond acceptors (Lipinski definition) is 4. The lowest BCUT2D eigenvalue weighted by Crippen LogP contribution is -2.07. The third-order valence-electron chi connectivity index (χ3n) is 4.13. The largest absolute Gasteiger partial charge is 0.351 e. The molecule has 0 aliphatic heterocycles. The number of pyridine rings is 1. The SMILES string of the molecule is CCn1c(NCc2cn[nH]c2-c2cccnc2)nc2cc(F)ccc21. The van der Waals surface area contributed by atoms with Gasteiger partial charge in [-0.1, -0.05) is 0 Å². The van der Waals surface area contributed by atoms with Crippen molar-refractivity contribution in [3.63, 3.8) is 0 Å². The van der Waals surface area contributed by atoms with Crippen molar-refractivity contribution in [2.75, 3.05) is 5.32 Å². The summed E-state index contributed by atoms with van der Waals surface area (Å²) in [6, 6.07) is 8.53. The molecule has 0 saturated carbocycles. The van der Waals surface area contributed by atoms with Crippen LogP contribution in [0.5, 0.6) is 0 Å². The summed E-state index contributed by atoms with van der Waals surface area (Å²) >= 11 is 0. The lowest BCUT2D eigenvalue weighted by Gasteiger charge is -2.09. The van der Waals surface area contributed by atoms with Gasteiger partial charge in [0.05, 0.1) is 22.9 Å². The standard InChI is InChI=1S/C18H17FN6/c1-2-25-16-6-5-14(19)8-15(16)23-18(25)21-10-13-11-22-24-17(13)12-4-3-7-20-9-12/h3-9,11H,2,10H2,1H3,(H,21,23)(H,22,24). The summed E-state index contributed by atoms with van der Waals surface area (Å²) in [7, 11) is 0. The first-order valence-corrected chi connectivity index (χ1v) is 8.08. The molecular weight excluding hydrogens is 319 g/mol. The number of imidazole rings is 1. The number of aryl methyl sites for hydroxylation is 1. The number of fused-ring (bicyclic) bond motifs is 1. The molecule has 0 fully saturated rings. The third kappa shape index (κ3) is 2.84. The molecule has 3 heterocycles. The van der Waals surface area contributed by atoms with Crippen molar-refractivity contribution < 1.29 is 4.39 Å². The number of anilines is 1. The van der Waals surface area contributed by atoms with Gasteiger partial charge in [-0.3, -0.25) is 10.1 Å². The Bertz CT molecular complexity index is 1010. The van der Waals surface area contributed by atoms with Gasteiger partial charge in [-0.25, -0.2) is 9.37 Å². The Kier molecular flexibility index (Phi) is 3.89. The molecule has 0 atom stereocenters. The lowest BCUT2D eigenvalue weighted by molar-refractivity contribution is 0.629. The van der Waals surface area contributed by atoms with Crippen LogP contribution in [-0.4, -0.2) is 24.7 Å². The van der Waals surface area contributed by atoms with Crippen molar-refractivity contribution in [2.45, 2.75) is 20.0 Å². The quantitative estimate of drug-likeness (QED) is 0.584. The average Bonchev–Trinajstić information content (AvgIpc) is 3.24. The molecule has 2 N–H and O–H groups in total. The predicted octanol–water partition coefficient (Wildman–Crippen LogP) is 3.59. The van der Waals surface area contributed by atoms with Crippen molar-refractivity contribution in [2.24, 2.45) is 0 Å². The van der Waals surface area contributed by atoms with Gasteiger partial charge in [0.15, 0.2) is 0 Å². The Hall–Kier alpha value is -3.22. The minimum absolute atomic E-state index is 0.284. The van der Waals surface area contributed by atoms with Crippen LogP contribution in [0.1, 0.15) is 12.5 Å². The number of aromatic nitrogens is 5. The van der Waals surface area contributed by atoms with E-state index >= 15 is 0 Å². The van der Waals surface area contributed by atoms with Crippen molar-refractivity contribution in [1.29, 1.82) is 0 Å². The highest BCUT2D eigenvalue weighted by molar-refractivity contribution is 5.78. The van der Waals surface area contributed by atoms with Crippen molar-refractivity contribution in [3.8, 4) is 11.3 Å². The van der Waals surface area contributed by atoms with E-state index in [1.165, 1.54) is 12.1 Å². The van der Waals surface area contributed by atoms with E-state index in [2.05, 4.69) is 25.5 Å². The number of halogens is 1. The maximum atomic E-state index is 13.4. The third-order valence-corrected chi connectivity index (χ3v) is 4.13. The Morgan fingerprint density at radius 2 is 2.16 bits per heavy atom. The zero-order valence-corrected chi connectivity index (χ0v) is 13.7. The van der Waals surface area contributed by atoms with Gasteiger partial charge < -0.3 is 9.88 Å². The Morgan fingerprint density at radius 3 is 2.96 bits per heavy atom. The first-order chi connectivity index (χ1) is 12.3. The van der Waals surface area contributed by atoms with Gasteiger partial charge in [-0.05, 0) is 31.2 Å². The molecule has 1 aromatic carbocycles. The number of rotatable bonds is 5. The maximum Gasteiger partial charge on any atom is 0.204 e. The molecule has 0 aliphatic carbocycles. The second-order valence-corrected chi connectivity index (χ2v) is 5.68. The number of aromatic amines is 1. The number of nitrogens with zero attached hydrogens (tertiary/aromatic N) is 4. The van der Waals surface area contributed by atoms with Crippen LogP contribution < -0.4 is 5.32 Å². The Balaban J connectivity index is 1.62. The zero-order chi connectivity index (χ0) is 17.2. The van der Waals surface area contributed by atoms with Gasteiger partial charge in [-0.15, -0.1) is 0 Å². The first kappa shape index (κ1) is 15.3. The van der Waals surface area contributed by atoms with Crippen LogP contribution in [0.25, 0.3) is 22.3 Å². The topological polar surface area (TPSA) is 71.4 Å². The van der Waals surface area contributed by atoms with Gasteiger partial charge in [0, 0.05) is 42.7 Å². The van der Waals surface area contributed by atoms with Crippen LogP contribution in [-0.2, 0) is 13.1 Å².